The first kappa shape index (κ1) is 21.0. The summed E-state index contributed by atoms with van der Waals surface area (Å²) in [4.78, 5) is 9.89. The van der Waals surface area contributed by atoms with Crippen molar-refractivity contribution < 1.29 is 0 Å². The van der Waals surface area contributed by atoms with E-state index < -0.39 is 0 Å². The van der Waals surface area contributed by atoms with Crippen LogP contribution in [0.25, 0.3) is 52.7 Å². The van der Waals surface area contributed by atoms with Gasteiger partial charge in [0, 0.05) is 16.5 Å². The molecule has 2 heterocycles. The molecule has 4 heteroatoms. The molecule has 0 radical (unpaired) electrons. The normalized spacial score (nSPS) is 13.9. The molecule has 0 aliphatic heterocycles. The number of fused-ring (bicyclic) bond motifs is 5. The van der Waals surface area contributed by atoms with Gasteiger partial charge in [-0.05, 0) is 71.5 Å². The molecule has 35 heavy (non-hydrogen) atoms. The molecule has 0 saturated heterocycles. The summed E-state index contributed by atoms with van der Waals surface area (Å²) in [6.07, 6.45) is 2.13. The fourth-order valence-corrected chi connectivity index (χ4v) is 7.69. The van der Waals surface area contributed by atoms with Gasteiger partial charge in [0.15, 0.2) is 0 Å². The molecule has 4 aromatic carbocycles. The van der Waals surface area contributed by atoms with Crippen LogP contribution in [0.3, 0.4) is 0 Å². The van der Waals surface area contributed by atoms with Gasteiger partial charge in [0.2, 0.25) is 0 Å². The zero-order chi connectivity index (χ0) is 23.6. The minimum Gasteiger partial charge on any atom is -0.236 e. The average molecular weight is 489 g/mol. The van der Waals surface area contributed by atoms with E-state index in [9.17, 15) is 0 Å². The minimum atomic E-state index is 0.00402. The summed E-state index contributed by atoms with van der Waals surface area (Å²) in [5.41, 5.74) is 10.2. The Bertz CT molecular complexity index is 1540. The van der Waals surface area contributed by atoms with Crippen LogP contribution in [0.4, 0.5) is 0 Å². The van der Waals surface area contributed by atoms with E-state index in [1.165, 1.54) is 42.8 Å². The van der Waals surface area contributed by atoms with Gasteiger partial charge < -0.3 is 0 Å². The van der Waals surface area contributed by atoms with E-state index >= 15 is 0 Å². The van der Waals surface area contributed by atoms with Crippen molar-refractivity contribution in [3.8, 4) is 32.3 Å². The molecule has 2 nitrogen and oxygen atoms in total. The van der Waals surface area contributed by atoms with Crippen molar-refractivity contribution in [2.45, 2.75) is 32.1 Å². The van der Waals surface area contributed by atoms with E-state index in [0.717, 1.165) is 33.9 Å². The molecule has 0 spiro atoms. The van der Waals surface area contributed by atoms with E-state index in [1.54, 1.807) is 22.7 Å². The number of hydrogen-bond donors (Lipinski definition) is 0. The fourth-order valence-electron chi connectivity index (χ4n) is 5.76. The van der Waals surface area contributed by atoms with Crippen LogP contribution in [0.1, 0.15) is 37.8 Å². The largest absolute Gasteiger partial charge is 0.236 e. The Kier molecular flexibility index (Phi) is 4.70. The van der Waals surface area contributed by atoms with Gasteiger partial charge in [-0.3, -0.25) is 0 Å². The van der Waals surface area contributed by atoms with Gasteiger partial charge in [-0.25, -0.2) is 9.97 Å². The lowest BCUT2D eigenvalue weighted by Gasteiger charge is -2.30. The average Bonchev–Trinajstić information content (AvgIpc) is 3.60. The predicted molar refractivity (Wildman–Crippen MR) is 150 cm³/mol. The number of thiazole rings is 2. The second kappa shape index (κ2) is 7.84. The van der Waals surface area contributed by atoms with Crippen molar-refractivity contribution >= 4 is 43.1 Å². The maximum absolute atomic E-state index is 4.94. The lowest BCUT2D eigenvalue weighted by molar-refractivity contribution is 0.491. The summed E-state index contributed by atoms with van der Waals surface area (Å²) in [6, 6.07) is 30.8. The van der Waals surface area contributed by atoms with Gasteiger partial charge >= 0.3 is 0 Å². The monoisotopic (exact) mass is 488 g/mol. The Hall–Kier alpha value is -3.34. The maximum Gasteiger partial charge on any atom is 0.124 e. The van der Waals surface area contributed by atoms with Crippen LogP contribution < -0.4 is 0 Å². The molecule has 2 aromatic heterocycles. The minimum absolute atomic E-state index is 0.00402. The molecule has 0 amide bonds. The zero-order valence-corrected chi connectivity index (χ0v) is 21.3. The molecule has 0 N–H and O–H groups in total. The number of benzene rings is 4. The molecule has 1 aliphatic rings. The van der Waals surface area contributed by atoms with Gasteiger partial charge in [0.25, 0.3) is 0 Å². The number of nitrogens with zero attached hydrogens (tertiary/aromatic N) is 2. The summed E-state index contributed by atoms with van der Waals surface area (Å²) in [5.74, 6) is 0. The van der Waals surface area contributed by atoms with E-state index in [2.05, 4.69) is 98.8 Å². The predicted octanol–water partition coefficient (Wildman–Crippen LogP) is 9.33. The molecule has 0 saturated carbocycles. The molecule has 0 fully saturated rings. The molecule has 0 unspecified atom stereocenters. The first-order chi connectivity index (χ1) is 17.2. The van der Waals surface area contributed by atoms with E-state index in [0.29, 0.717) is 0 Å². The number of aromatic nitrogens is 2. The number of rotatable bonds is 4. The second-order valence-electron chi connectivity index (χ2n) is 9.28. The smallest absolute Gasteiger partial charge is 0.124 e. The molecule has 0 bridgehead atoms. The van der Waals surface area contributed by atoms with Crippen LogP contribution in [0.15, 0.2) is 84.9 Å². The van der Waals surface area contributed by atoms with E-state index in [4.69, 9.17) is 9.97 Å². The standard InChI is InChI=1S/C31H24N2S2/c1-3-31(4-2)23-17-19(29-32-25-9-5-7-11-27(25)34-29)13-15-21(23)22-16-14-20(18-24(22)31)30-33-26-10-6-8-12-28(26)35-30/h5-18H,3-4H2,1-2H3. The van der Waals surface area contributed by atoms with Gasteiger partial charge in [-0.1, -0.05) is 62.4 Å². The second-order valence-corrected chi connectivity index (χ2v) is 11.3. The lowest BCUT2D eigenvalue weighted by Crippen LogP contribution is -2.23. The highest BCUT2D eigenvalue weighted by atomic mass is 32.1. The Labute approximate surface area is 213 Å². The van der Waals surface area contributed by atoms with Crippen LogP contribution in [0, 0.1) is 0 Å². The van der Waals surface area contributed by atoms with E-state index in [-0.39, 0.29) is 5.41 Å². The summed E-state index contributed by atoms with van der Waals surface area (Å²) in [7, 11) is 0. The zero-order valence-electron chi connectivity index (χ0n) is 19.7. The first-order valence-corrected chi connectivity index (χ1v) is 13.8. The van der Waals surface area contributed by atoms with Gasteiger partial charge in [-0.15, -0.1) is 22.7 Å². The lowest BCUT2D eigenvalue weighted by atomic mass is 9.73. The maximum atomic E-state index is 4.94. The van der Waals surface area contributed by atoms with Crippen molar-refractivity contribution in [3.63, 3.8) is 0 Å². The molecule has 0 atom stereocenters. The Morgan fingerprint density at radius 3 is 1.49 bits per heavy atom. The summed E-state index contributed by atoms with van der Waals surface area (Å²) >= 11 is 3.56. The molecular formula is C31H24N2S2. The highest BCUT2D eigenvalue weighted by Gasteiger charge is 2.41. The van der Waals surface area contributed by atoms with Gasteiger partial charge in [0.05, 0.1) is 20.4 Å². The number of hydrogen-bond acceptors (Lipinski definition) is 4. The summed E-state index contributed by atoms with van der Waals surface area (Å²) in [5, 5.41) is 2.20. The molecule has 170 valence electrons. The highest BCUT2D eigenvalue weighted by molar-refractivity contribution is 7.22. The van der Waals surface area contributed by atoms with Crippen molar-refractivity contribution in [2.75, 3.05) is 0 Å². The van der Waals surface area contributed by atoms with E-state index in [1.807, 2.05) is 0 Å². The molecular weight excluding hydrogens is 464 g/mol. The first-order valence-electron chi connectivity index (χ1n) is 12.2. The highest BCUT2D eigenvalue weighted by Crippen LogP contribution is 2.54. The number of para-hydroxylation sites is 2. The molecule has 6 aromatic rings. The quantitative estimate of drug-likeness (QED) is 0.247. The Morgan fingerprint density at radius 2 is 1.06 bits per heavy atom. The van der Waals surface area contributed by atoms with Crippen molar-refractivity contribution in [1.29, 1.82) is 0 Å². The Morgan fingerprint density at radius 1 is 0.600 bits per heavy atom. The van der Waals surface area contributed by atoms with Crippen molar-refractivity contribution in [1.82, 2.24) is 9.97 Å². The van der Waals surface area contributed by atoms with Gasteiger partial charge in [-0.2, -0.15) is 0 Å². The van der Waals surface area contributed by atoms with Crippen LogP contribution >= 0.6 is 22.7 Å². The van der Waals surface area contributed by atoms with Crippen LogP contribution in [0.2, 0.25) is 0 Å². The SMILES string of the molecule is CCC1(CC)c2cc(-c3nc4ccccc4s3)ccc2-c2ccc(-c3nc4ccccc4s3)cc21. The van der Waals surface area contributed by atoms with Gasteiger partial charge in [0.1, 0.15) is 10.0 Å². The summed E-state index contributed by atoms with van der Waals surface area (Å²) in [6.45, 7) is 4.66. The van der Waals surface area contributed by atoms with Crippen LogP contribution in [-0.2, 0) is 5.41 Å². The third kappa shape index (κ3) is 3.06. The fraction of sp³-hybridized carbons (Fsp3) is 0.161. The third-order valence-corrected chi connectivity index (χ3v) is 9.82. The molecule has 1 aliphatic carbocycles. The van der Waals surface area contributed by atoms with Crippen molar-refractivity contribution in [2.24, 2.45) is 0 Å². The summed E-state index contributed by atoms with van der Waals surface area (Å²) < 4.78 is 2.48. The third-order valence-electron chi connectivity index (χ3n) is 7.65. The Balaban J connectivity index is 1.38. The van der Waals surface area contributed by atoms with Crippen molar-refractivity contribution in [3.05, 3.63) is 96.1 Å². The van der Waals surface area contributed by atoms with Crippen LogP contribution in [-0.4, -0.2) is 9.97 Å². The topological polar surface area (TPSA) is 25.8 Å². The molecule has 7 rings (SSSR count). The van der Waals surface area contributed by atoms with Crippen LogP contribution in [0.5, 0.6) is 0 Å².